The van der Waals surface area contributed by atoms with Gasteiger partial charge >= 0.3 is 6.01 Å². The molecule has 6 heterocycles. The van der Waals surface area contributed by atoms with E-state index in [4.69, 9.17) is 40.8 Å². The van der Waals surface area contributed by atoms with E-state index in [0.717, 1.165) is 51.5 Å². The lowest BCUT2D eigenvalue weighted by molar-refractivity contribution is -0.0224. The Balaban J connectivity index is 1.11. The van der Waals surface area contributed by atoms with Crippen molar-refractivity contribution in [1.29, 1.82) is 0 Å². The predicted molar refractivity (Wildman–Crippen MR) is 202 cm³/mol. The highest BCUT2D eigenvalue weighted by Crippen LogP contribution is 2.52. The molecule has 2 aliphatic carbocycles. The van der Waals surface area contributed by atoms with Crippen molar-refractivity contribution in [3.63, 3.8) is 0 Å². The van der Waals surface area contributed by atoms with Crippen LogP contribution in [0.15, 0.2) is 12.3 Å². The minimum absolute atomic E-state index is 0.0130. The number of benzene rings is 1. The average Bonchev–Trinajstić information content (AvgIpc) is 3.90. The average molecular weight is 784 g/mol. The van der Waals surface area contributed by atoms with Crippen molar-refractivity contribution in [3.05, 3.63) is 28.7 Å². The van der Waals surface area contributed by atoms with Crippen molar-refractivity contribution in [3.8, 4) is 23.1 Å². The summed E-state index contributed by atoms with van der Waals surface area (Å²) in [6, 6.07) is 2.47. The fourth-order valence-corrected chi connectivity index (χ4v) is 13.0. The van der Waals surface area contributed by atoms with Crippen molar-refractivity contribution < 1.29 is 32.1 Å². The predicted octanol–water partition coefficient (Wildman–Crippen LogP) is 5.10. The summed E-state index contributed by atoms with van der Waals surface area (Å²) in [5.41, 5.74) is 0.397. The molecule has 0 amide bonds. The number of likely N-dealkylation sites (tertiary alicyclic amines) is 1. The number of sulfone groups is 1. The summed E-state index contributed by atoms with van der Waals surface area (Å²) in [7, 11) is -1.45. The third-order valence-electron chi connectivity index (χ3n) is 12.9. The van der Waals surface area contributed by atoms with Gasteiger partial charge in [0, 0.05) is 40.0 Å². The van der Waals surface area contributed by atoms with Crippen LogP contribution in [0.25, 0.3) is 33.1 Å². The first-order valence-corrected chi connectivity index (χ1v) is 21.3. The third kappa shape index (κ3) is 6.18. The molecular formula is C38H47ClFN7O6S. The molecule has 4 aromatic rings. The molecule has 2 unspecified atom stereocenters. The Morgan fingerprint density at radius 2 is 1.93 bits per heavy atom. The maximum Gasteiger partial charge on any atom is 0.319 e. The first-order valence-electron chi connectivity index (χ1n) is 19.1. The molecular weight excluding hydrogens is 737 g/mol. The van der Waals surface area contributed by atoms with Gasteiger partial charge in [0.2, 0.25) is 5.88 Å². The third-order valence-corrected chi connectivity index (χ3v) is 15.2. The number of halogens is 2. The quantitative estimate of drug-likeness (QED) is 0.256. The number of aromatic nitrogens is 5. The lowest BCUT2D eigenvalue weighted by Gasteiger charge is -2.48. The summed E-state index contributed by atoms with van der Waals surface area (Å²) in [5, 5.41) is 19.6. The number of methoxy groups -OCH3 is 1. The molecule has 2 saturated carbocycles. The smallest absolute Gasteiger partial charge is 0.319 e. The van der Waals surface area contributed by atoms with Gasteiger partial charge in [0.1, 0.15) is 28.0 Å². The Hall–Kier alpha value is -3.37. The number of ether oxygens (including phenoxy) is 3. The first kappa shape index (κ1) is 36.3. The SMILES string of the molecule is COc1nc(-c2c(C)c(Cl)cc3[nH]ncc23)c(F)c2nc(OC[C@]34CCCC3N(C3C[C@@H]5CS(=O)(=O)C[C@@H]5C3)CCC4)nc(N3CCOC[C@@](C)(O)C3)c12. The molecule has 3 aromatic heterocycles. The number of hydrogen-bond acceptors (Lipinski definition) is 12. The van der Waals surface area contributed by atoms with Crippen molar-refractivity contribution in [2.24, 2.45) is 17.3 Å². The zero-order valence-electron chi connectivity index (χ0n) is 30.9. The Morgan fingerprint density at radius 1 is 1.15 bits per heavy atom. The number of rotatable bonds is 7. The molecule has 0 radical (unpaired) electrons. The van der Waals surface area contributed by atoms with E-state index in [9.17, 15) is 13.5 Å². The fraction of sp³-hybridized carbons (Fsp3) is 0.632. The van der Waals surface area contributed by atoms with Gasteiger partial charge in [-0.2, -0.15) is 15.1 Å². The van der Waals surface area contributed by atoms with E-state index < -0.39 is 21.3 Å². The number of aliphatic hydroxyl groups is 1. The van der Waals surface area contributed by atoms with Crippen LogP contribution >= 0.6 is 11.6 Å². The Morgan fingerprint density at radius 3 is 2.70 bits per heavy atom. The number of aromatic amines is 1. The number of nitrogens with zero attached hydrogens (tertiary/aromatic N) is 6. The number of pyridine rings is 1. The van der Waals surface area contributed by atoms with E-state index >= 15 is 4.39 Å². The lowest BCUT2D eigenvalue weighted by Crippen LogP contribution is -2.55. The largest absolute Gasteiger partial charge is 0.480 e. The zero-order valence-corrected chi connectivity index (χ0v) is 32.5. The van der Waals surface area contributed by atoms with Gasteiger partial charge in [0.05, 0.1) is 56.7 Å². The van der Waals surface area contributed by atoms with E-state index in [1.165, 1.54) is 7.11 Å². The minimum atomic E-state index is -2.93. The molecule has 5 fully saturated rings. The molecule has 0 bridgehead atoms. The second kappa shape index (κ2) is 13.4. The molecule has 9 rings (SSSR count). The number of H-pyrrole nitrogens is 1. The summed E-state index contributed by atoms with van der Waals surface area (Å²) < 4.78 is 60.2. The van der Waals surface area contributed by atoms with Gasteiger partial charge in [0.25, 0.3) is 0 Å². The zero-order chi connectivity index (χ0) is 37.6. The van der Waals surface area contributed by atoms with Crippen molar-refractivity contribution in [2.75, 3.05) is 63.0 Å². The molecule has 5 aliphatic rings. The molecule has 290 valence electrons. The number of nitrogens with one attached hydrogen (secondary N) is 1. The number of piperidine rings is 1. The molecule has 1 aromatic carbocycles. The molecule has 2 N–H and O–H groups in total. The summed E-state index contributed by atoms with van der Waals surface area (Å²) in [4.78, 5) is 19.0. The van der Waals surface area contributed by atoms with Crippen LogP contribution in [0.4, 0.5) is 10.2 Å². The van der Waals surface area contributed by atoms with E-state index in [2.05, 4.69) is 15.1 Å². The van der Waals surface area contributed by atoms with Crippen LogP contribution in [-0.2, 0) is 14.6 Å². The van der Waals surface area contributed by atoms with Crippen LogP contribution in [-0.4, -0.2) is 119 Å². The molecule has 16 heteroatoms. The van der Waals surface area contributed by atoms with Crippen LogP contribution < -0.4 is 14.4 Å². The summed E-state index contributed by atoms with van der Waals surface area (Å²) in [5.74, 6) is 0.942. The van der Waals surface area contributed by atoms with Gasteiger partial charge in [-0.3, -0.25) is 10.00 Å². The van der Waals surface area contributed by atoms with Crippen LogP contribution in [0.2, 0.25) is 5.02 Å². The molecule has 3 aliphatic heterocycles. The molecule has 6 atom stereocenters. The van der Waals surface area contributed by atoms with Crippen LogP contribution in [0.3, 0.4) is 0 Å². The van der Waals surface area contributed by atoms with Crippen LogP contribution in [0.5, 0.6) is 11.9 Å². The van der Waals surface area contributed by atoms with Gasteiger partial charge < -0.3 is 24.2 Å². The highest BCUT2D eigenvalue weighted by Gasteiger charge is 2.53. The Labute approximate surface area is 318 Å². The maximum absolute atomic E-state index is 17.3. The monoisotopic (exact) mass is 783 g/mol. The standard InChI is InChI=1S/C38H47ClFN7O6S/c1-21-26(39)14-27-25(15-41-45-27)29(21)32-31(40)33-30(35(42-32)51-3)34(46-10-11-52-19-37(2,48)18-46)44-36(43-33)53-20-38-7-4-6-28(38)47(9-5-8-38)24-12-22-16-54(49,50)17-23(22)13-24/h14-15,22-24,28,48H,4-13,16-20H2,1-3H3,(H,41,45)/t22-,23+,24?,28?,37-,38+/m0/s1. The van der Waals surface area contributed by atoms with Crippen LogP contribution in [0.1, 0.15) is 57.4 Å². The Bertz CT molecular complexity index is 2220. The fourth-order valence-electron chi connectivity index (χ4n) is 10.5. The molecule has 0 spiro atoms. The summed E-state index contributed by atoms with van der Waals surface area (Å²) in [6.07, 6.45) is 8.66. The highest BCUT2D eigenvalue weighted by molar-refractivity contribution is 7.91. The first-order chi connectivity index (χ1) is 25.9. The summed E-state index contributed by atoms with van der Waals surface area (Å²) >= 11 is 6.64. The van der Waals surface area contributed by atoms with Gasteiger partial charge in [0.15, 0.2) is 15.7 Å². The second-order valence-electron chi connectivity index (χ2n) is 16.6. The van der Waals surface area contributed by atoms with E-state index in [0.29, 0.717) is 76.2 Å². The van der Waals surface area contributed by atoms with Gasteiger partial charge in [-0.1, -0.05) is 18.0 Å². The number of hydrogen-bond donors (Lipinski definition) is 2. The molecule has 54 heavy (non-hydrogen) atoms. The second-order valence-corrected chi connectivity index (χ2v) is 19.2. The van der Waals surface area contributed by atoms with Gasteiger partial charge in [-0.15, -0.1) is 0 Å². The van der Waals surface area contributed by atoms with E-state index in [1.807, 2.05) is 11.8 Å². The number of β-amino-alcohol motifs (C(OH)–C–C–N with tert-alkyl or cyclic N) is 1. The molecule has 13 nitrogen and oxygen atoms in total. The van der Waals surface area contributed by atoms with E-state index in [-0.39, 0.29) is 58.9 Å². The minimum Gasteiger partial charge on any atom is -0.480 e. The lowest BCUT2D eigenvalue weighted by atomic mass is 9.75. The normalized spacial score (nSPS) is 31.2. The van der Waals surface area contributed by atoms with Gasteiger partial charge in [-0.25, -0.2) is 17.8 Å². The maximum atomic E-state index is 17.3. The highest BCUT2D eigenvalue weighted by atomic mass is 35.5. The van der Waals surface area contributed by atoms with E-state index in [1.54, 1.807) is 19.2 Å². The van der Waals surface area contributed by atoms with Crippen molar-refractivity contribution >= 4 is 49.1 Å². The van der Waals surface area contributed by atoms with Crippen LogP contribution in [0, 0.1) is 30.0 Å². The topological polar surface area (TPSA) is 156 Å². The molecule has 3 saturated heterocycles. The summed E-state index contributed by atoms with van der Waals surface area (Å²) in [6.45, 7) is 5.89. The van der Waals surface area contributed by atoms with Gasteiger partial charge in [-0.05, 0) is 82.4 Å². The number of anilines is 1. The van der Waals surface area contributed by atoms with Crippen molar-refractivity contribution in [1.82, 2.24) is 30.0 Å². The number of fused-ring (bicyclic) bond motifs is 4. The van der Waals surface area contributed by atoms with Crippen molar-refractivity contribution in [2.45, 2.75) is 76.5 Å². The Kier molecular flexibility index (Phi) is 8.99.